The van der Waals surface area contributed by atoms with Gasteiger partial charge in [-0.25, -0.2) is 0 Å². The molecule has 0 aliphatic rings. The van der Waals surface area contributed by atoms with E-state index in [-0.39, 0.29) is 34.1 Å². The molecule has 9 nitrogen and oxygen atoms in total. The molecule has 1 unspecified atom stereocenters. The van der Waals surface area contributed by atoms with Gasteiger partial charge in [-0.05, 0) is 42.7 Å². The van der Waals surface area contributed by atoms with Crippen LogP contribution in [0.2, 0.25) is 10.0 Å². The normalized spacial score (nSPS) is 12.2. The molecular formula is C26H25Cl2N3O6. The largest absolute Gasteiger partial charge is 0.494 e. The van der Waals surface area contributed by atoms with E-state index in [1.165, 1.54) is 26.6 Å². The Hall–Kier alpha value is -3.82. The van der Waals surface area contributed by atoms with Crippen LogP contribution in [0.3, 0.4) is 0 Å². The van der Waals surface area contributed by atoms with Crippen molar-refractivity contribution in [3.63, 3.8) is 0 Å². The SMILES string of the molecule is CCC(Cc1ccc(NC(=O)c2c(Cl)cncc2Cl)cc1)(C(=O)O)C(=O)Nc1c(OC)cccc1OC. The number of methoxy groups -OCH3 is 2. The molecule has 0 spiro atoms. The summed E-state index contributed by atoms with van der Waals surface area (Å²) in [5.74, 6) is -1.86. The first kappa shape index (κ1) is 27.8. The van der Waals surface area contributed by atoms with Gasteiger partial charge in [0.25, 0.3) is 5.91 Å². The second kappa shape index (κ2) is 11.9. The maximum atomic E-state index is 13.4. The molecule has 2 amide bonds. The van der Waals surface area contributed by atoms with E-state index >= 15 is 0 Å². The highest BCUT2D eigenvalue weighted by Gasteiger charge is 2.45. The molecule has 0 fully saturated rings. The Morgan fingerprint density at radius 3 is 2.00 bits per heavy atom. The third-order valence-corrected chi connectivity index (χ3v) is 6.49. The molecule has 0 aliphatic heterocycles. The molecule has 1 heterocycles. The van der Waals surface area contributed by atoms with Crippen molar-refractivity contribution in [1.29, 1.82) is 0 Å². The summed E-state index contributed by atoms with van der Waals surface area (Å²) < 4.78 is 10.6. The highest BCUT2D eigenvalue weighted by atomic mass is 35.5. The highest BCUT2D eigenvalue weighted by Crippen LogP contribution is 2.37. The first-order valence-electron chi connectivity index (χ1n) is 11.1. The summed E-state index contributed by atoms with van der Waals surface area (Å²) in [6.45, 7) is 1.63. The quantitative estimate of drug-likeness (QED) is 0.294. The molecule has 3 aromatic rings. The Bertz CT molecular complexity index is 1270. The van der Waals surface area contributed by atoms with Crippen molar-refractivity contribution in [3.8, 4) is 11.5 Å². The van der Waals surface area contributed by atoms with Crippen LogP contribution in [0, 0.1) is 5.41 Å². The van der Waals surface area contributed by atoms with E-state index in [9.17, 15) is 19.5 Å². The third-order valence-electron chi connectivity index (χ3n) is 5.91. The molecule has 0 bridgehead atoms. The number of carbonyl (C=O) groups is 3. The number of aliphatic carboxylic acids is 1. The second-order valence-corrected chi connectivity index (χ2v) is 8.85. The van der Waals surface area contributed by atoms with Gasteiger partial charge in [0.05, 0.1) is 29.8 Å². The fourth-order valence-electron chi connectivity index (χ4n) is 3.77. The van der Waals surface area contributed by atoms with Gasteiger partial charge in [0.2, 0.25) is 5.91 Å². The van der Waals surface area contributed by atoms with Gasteiger partial charge in [-0.1, -0.05) is 48.3 Å². The molecule has 194 valence electrons. The fourth-order valence-corrected chi connectivity index (χ4v) is 4.31. The van der Waals surface area contributed by atoms with Crippen LogP contribution in [0.5, 0.6) is 11.5 Å². The van der Waals surface area contributed by atoms with E-state index in [0.717, 1.165) is 0 Å². The number of pyridine rings is 1. The summed E-state index contributed by atoms with van der Waals surface area (Å²) >= 11 is 12.1. The molecule has 1 atom stereocenters. The number of ether oxygens (including phenoxy) is 2. The highest BCUT2D eigenvalue weighted by molar-refractivity contribution is 6.40. The van der Waals surface area contributed by atoms with Crippen LogP contribution in [-0.4, -0.2) is 42.1 Å². The lowest BCUT2D eigenvalue weighted by Gasteiger charge is -2.28. The number of hydrogen-bond acceptors (Lipinski definition) is 6. The minimum atomic E-state index is -1.78. The van der Waals surface area contributed by atoms with Crippen molar-refractivity contribution in [2.75, 3.05) is 24.9 Å². The molecule has 0 radical (unpaired) electrons. The number of aromatic nitrogens is 1. The lowest BCUT2D eigenvalue weighted by atomic mass is 9.78. The summed E-state index contributed by atoms with van der Waals surface area (Å²) in [7, 11) is 2.87. The molecule has 3 N–H and O–H groups in total. The van der Waals surface area contributed by atoms with Crippen molar-refractivity contribution in [2.45, 2.75) is 19.8 Å². The van der Waals surface area contributed by atoms with Crippen LogP contribution in [0.1, 0.15) is 29.3 Å². The number of para-hydroxylation sites is 1. The molecule has 11 heteroatoms. The minimum absolute atomic E-state index is 0.0170. The number of benzene rings is 2. The van der Waals surface area contributed by atoms with Crippen LogP contribution in [0.15, 0.2) is 54.9 Å². The maximum Gasteiger partial charge on any atom is 0.319 e. The number of carboxylic acid groups (broad SMARTS) is 1. The van der Waals surface area contributed by atoms with E-state index in [1.54, 1.807) is 49.4 Å². The fraction of sp³-hybridized carbons (Fsp3) is 0.231. The number of rotatable bonds is 10. The van der Waals surface area contributed by atoms with Crippen LogP contribution < -0.4 is 20.1 Å². The average Bonchev–Trinajstić information content (AvgIpc) is 2.88. The standard InChI is InChI=1S/C26H25Cl2N3O6/c1-4-26(25(34)35,24(33)31-22-19(36-2)6-5-7-20(22)37-3)12-15-8-10-16(11-9-15)30-23(32)21-17(27)13-29-14-18(21)28/h5-11,13-14H,4,12H2,1-3H3,(H,30,32)(H,31,33)(H,34,35). The van der Waals surface area contributed by atoms with Crippen LogP contribution in [0.25, 0.3) is 0 Å². The number of amides is 2. The van der Waals surface area contributed by atoms with E-state index in [4.69, 9.17) is 32.7 Å². The van der Waals surface area contributed by atoms with Crippen LogP contribution >= 0.6 is 23.2 Å². The lowest BCUT2D eigenvalue weighted by Crippen LogP contribution is -2.44. The second-order valence-electron chi connectivity index (χ2n) is 8.04. The van der Waals surface area contributed by atoms with Gasteiger partial charge < -0.3 is 25.2 Å². The third kappa shape index (κ3) is 5.95. The van der Waals surface area contributed by atoms with Gasteiger partial charge in [-0.3, -0.25) is 19.4 Å². The number of nitrogens with zero attached hydrogens (tertiary/aromatic N) is 1. The first-order chi connectivity index (χ1) is 17.7. The molecule has 37 heavy (non-hydrogen) atoms. The number of halogens is 2. The Labute approximate surface area is 223 Å². The number of hydrogen-bond donors (Lipinski definition) is 3. The Kier molecular flexibility index (Phi) is 8.96. The van der Waals surface area contributed by atoms with E-state index in [1.807, 2.05) is 0 Å². The van der Waals surface area contributed by atoms with E-state index in [0.29, 0.717) is 22.7 Å². The predicted molar refractivity (Wildman–Crippen MR) is 141 cm³/mol. The van der Waals surface area contributed by atoms with Crippen molar-refractivity contribution < 1.29 is 29.0 Å². The maximum absolute atomic E-state index is 13.4. The zero-order valence-electron chi connectivity index (χ0n) is 20.3. The topological polar surface area (TPSA) is 127 Å². The molecule has 0 aliphatic carbocycles. The van der Waals surface area contributed by atoms with Gasteiger partial charge in [-0.2, -0.15) is 0 Å². The summed E-state index contributed by atoms with van der Waals surface area (Å²) in [6, 6.07) is 11.4. The van der Waals surface area contributed by atoms with Crippen LogP contribution in [-0.2, 0) is 16.0 Å². The molecule has 2 aromatic carbocycles. The number of anilines is 2. The summed E-state index contributed by atoms with van der Waals surface area (Å²) in [6.07, 6.45) is 2.54. The molecule has 0 saturated heterocycles. The van der Waals surface area contributed by atoms with Gasteiger partial charge >= 0.3 is 5.97 Å². The van der Waals surface area contributed by atoms with Crippen molar-refractivity contribution in [3.05, 3.63) is 76.0 Å². The summed E-state index contributed by atoms with van der Waals surface area (Å²) in [5, 5.41) is 15.7. The van der Waals surface area contributed by atoms with E-state index < -0.39 is 23.2 Å². The Morgan fingerprint density at radius 1 is 0.946 bits per heavy atom. The van der Waals surface area contributed by atoms with Crippen molar-refractivity contribution in [1.82, 2.24) is 4.98 Å². The first-order valence-corrected chi connectivity index (χ1v) is 11.9. The predicted octanol–water partition coefficient (Wildman–Crippen LogP) is 5.32. The molecule has 0 saturated carbocycles. The smallest absolute Gasteiger partial charge is 0.319 e. The Balaban J connectivity index is 1.83. The van der Waals surface area contributed by atoms with Crippen LogP contribution in [0.4, 0.5) is 11.4 Å². The van der Waals surface area contributed by atoms with E-state index in [2.05, 4.69) is 15.6 Å². The summed E-state index contributed by atoms with van der Waals surface area (Å²) in [5.41, 5.74) is -0.457. The summed E-state index contributed by atoms with van der Waals surface area (Å²) in [4.78, 5) is 42.2. The molecular weight excluding hydrogens is 521 g/mol. The Morgan fingerprint density at radius 2 is 1.51 bits per heavy atom. The zero-order chi connectivity index (χ0) is 27.2. The lowest BCUT2D eigenvalue weighted by molar-refractivity contribution is -0.154. The number of carbonyl (C=O) groups excluding carboxylic acids is 2. The number of carboxylic acids is 1. The van der Waals surface area contributed by atoms with Gasteiger partial charge in [0.1, 0.15) is 17.2 Å². The van der Waals surface area contributed by atoms with Gasteiger partial charge in [-0.15, -0.1) is 0 Å². The van der Waals surface area contributed by atoms with Crippen molar-refractivity contribution in [2.24, 2.45) is 5.41 Å². The minimum Gasteiger partial charge on any atom is -0.494 e. The molecule has 3 rings (SSSR count). The average molecular weight is 546 g/mol. The van der Waals surface area contributed by atoms with Crippen molar-refractivity contribution >= 4 is 52.4 Å². The van der Waals surface area contributed by atoms with Gasteiger partial charge in [0.15, 0.2) is 5.41 Å². The molecule has 1 aromatic heterocycles. The zero-order valence-corrected chi connectivity index (χ0v) is 21.8. The number of nitrogens with one attached hydrogen (secondary N) is 2. The van der Waals surface area contributed by atoms with Gasteiger partial charge in [0, 0.05) is 18.1 Å². The monoisotopic (exact) mass is 545 g/mol.